The smallest absolute Gasteiger partial charge is 0.00174 e. The van der Waals surface area contributed by atoms with Gasteiger partial charge >= 0.3 is 0 Å². The van der Waals surface area contributed by atoms with E-state index in [1.165, 1.54) is 30.4 Å². The van der Waals surface area contributed by atoms with Crippen LogP contribution < -0.4 is 5.32 Å². The largest absolute Gasteiger partial charge is 0.317 e. The molecule has 1 heteroatoms. The molecule has 0 radical (unpaired) electrons. The topological polar surface area (TPSA) is 12.0 Å². The van der Waals surface area contributed by atoms with Crippen molar-refractivity contribution in [1.29, 1.82) is 0 Å². The molecule has 1 nitrogen and oxygen atoms in total. The fourth-order valence-corrected chi connectivity index (χ4v) is 2.43. The molecule has 0 aliphatic carbocycles. The third kappa shape index (κ3) is 7.37. The van der Waals surface area contributed by atoms with Crippen LogP contribution in [0, 0.1) is 18.3 Å². The zero-order valence-electron chi connectivity index (χ0n) is 13.4. The molecule has 0 saturated carbocycles. The number of hydrogen-bond donors (Lipinski definition) is 1. The van der Waals surface area contributed by atoms with Crippen molar-refractivity contribution in [1.82, 2.24) is 5.32 Å². The Kier molecular flexibility index (Phi) is 6.57. The van der Waals surface area contributed by atoms with Crippen molar-refractivity contribution in [2.75, 3.05) is 13.1 Å². The van der Waals surface area contributed by atoms with Gasteiger partial charge in [0.2, 0.25) is 0 Å². The third-order valence-electron chi connectivity index (χ3n) is 3.59. The van der Waals surface area contributed by atoms with E-state index in [9.17, 15) is 0 Å². The first-order valence-electron chi connectivity index (χ1n) is 7.67. The zero-order chi connectivity index (χ0) is 14.3. The molecule has 1 unspecified atom stereocenters. The van der Waals surface area contributed by atoms with Crippen molar-refractivity contribution >= 4 is 0 Å². The van der Waals surface area contributed by atoms with E-state index in [-0.39, 0.29) is 0 Å². The van der Waals surface area contributed by atoms with Gasteiger partial charge in [-0.3, -0.25) is 0 Å². The lowest BCUT2D eigenvalue weighted by Crippen LogP contribution is -2.25. The summed E-state index contributed by atoms with van der Waals surface area (Å²) in [5.41, 5.74) is 3.30. The lowest BCUT2D eigenvalue weighted by atomic mass is 9.84. The minimum Gasteiger partial charge on any atom is -0.317 e. The van der Waals surface area contributed by atoms with E-state index in [1.54, 1.807) is 0 Å². The van der Waals surface area contributed by atoms with Crippen LogP contribution in [0.15, 0.2) is 24.3 Å². The molecule has 1 aromatic rings. The summed E-state index contributed by atoms with van der Waals surface area (Å²) in [4.78, 5) is 0. The molecular weight excluding hydrogens is 230 g/mol. The molecule has 0 aliphatic rings. The molecule has 0 aliphatic heterocycles. The minimum atomic E-state index is 0.442. The molecule has 0 fully saturated rings. The maximum absolute atomic E-state index is 3.52. The summed E-state index contributed by atoms with van der Waals surface area (Å²) in [5.74, 6) is 0.751. The van der Waals surface area contributed by atoms with Gasteiger partial charge in [-0.25, -0.2) is 0 Å². The highest BCUT2D eigenvalue weighted by Crippen LogP contribution is 2.25. The van der Waals surface area contributed by atoms with Crippen LogP contribution in [0.25, 0.3) is 0 Å². The van der Waals surface area contributed by atoms with Gasteiger partial charge in [0.05, 0.1) is 0 Å². The van der Waals surface area contributed by atoms with Crippen molar-refractivity contribution in [2.45, 2.75) is 53.9 Å². The maximum Gasteiger partial charge on any atom is -0.00174 e. The van der Waals surface area contributed by atoms with Crippen molar-refractivity contribution in [3.63, 3.8) is 0 Å². The van der Waals surface area contributed by atoms with Crippen LogP contribution in [0.5, 0.6) is 0 Å². The Morgan fingerprint density at radius 1 is 1.21 bits per heavy atom. The Hall–Kier alpha value is -0.820. The zero-order valence-corrected chi connectivity index (χ0v) is 13.4. The number of nitrogens with one attached hydrogen (secondary N) is 1. The summed E-state index contributed by atoms with van der Waals surface area (Å²) in [6.45, 7) is 13.6. The number of aryl methyl sites for hydroxylation is 1. The fraction of sp³-hybridized carbons (Fsp3) is 0.667. The predicted octanol–water partition coefficient (Wildman–Crippen LogP) is 4.59. The van der Waals surface area contributed by atoms with Gasteiger partial charge in [-0.2, -0.15) is 0 Å². The maximum atomic E-state index is 3.52. The fourth-order valence-electron chi connectivity index (χ4n) is 2.43. The monoisotopic (exact) mass is 261 g/mol. The molecule has 108 valence electrons. The van der Waals surface area contributed by atoms with Crippen LogP contribution in [-0.4, -0.2) is 13.1 Å². The average Bonchev–Trinajstić information content (AvgIpc) is 2.31. The van der Waals surface area contributed by atoms with E-state index >= 15 is 0 Å². The normalized spacial score (nSPS) is 13.5. The van der Waals surface area contributed by atoms with E-state index in [4.69, 9.17) is 0 Å². The Bertz CT molecular complexity index is 362. The van der Waals surface area contributed by atoms with Gasteiger partial charge in [0.25, 0.3) is 0 Å². The Labute approximate surface area is 119 Å². The summed E-state index contributed by atoms with van der Waals surface area (Å²) in [6, 6.07) is 8.95. The second-order valence-corrected chi connectivity index (χ2v) is 6.97. The lowest BCUT2D eigenvalue weighted by Gasteiger charge is -2.23. The standard InChI is InChI=1S/C18H31N/c1-6-19-14-17(10-11-18(3,4)5)13-16-9-7-8-15(2)12-16/h7-9,12,17,19H,6,10-11,13-14H2,1-5H3. The van der Waals surface area contributed by atoms with Crippen molar-refractivity contribution < 1.29 is 0 Å². The van der Waals surface area contributed by atoms with Gasteiger partial charge in [0.15, 0.2) is 0 Å². The lowest BCUT2D eigenvalue weighted by molar-refractivity contribution is 0.314. The molecule has 1 N–H and O–H groups in total. The molecule has 1 atom stereocenters. The van der Waals surface area contributed by atoms with E-state index < -0.39 is 0 Å². The van der Waals surface area contributed by atoms with Gasteiger partial charge in [-0.1, -0.05) is 57.5 Å². The summed E-state index contributed by atoms with van der Waals surface area (Å²) in [5, 5.41) is 3.52. The minimum absolute atomic E-state index is 0.442. The van der Waals surface area contributed by atoms with Crippen LogP contribution in [0.1, 0.15) is 51.7 Å². The highest BCUT2D eigenvalue weighted by molar-refractivity contribution is 5.22. The van der Waals surface area contributed by atoms with E-state index in [0.29, 0.717) is 5.41 Å². The van der Waals surface area contributed by atoms with Gasteiger partial charge in [0.1, 0.15) is 0 Å². The average molecular weight is 261 g/mol. The molecule has 0 aromatic heterocycles. The van der Waals surface area contributed by atoms with E-state index in [2.05, 4.69) is 64.2 Å². The van der Waals surface area contributed by atoms with Crippen LogP contribution in [0.2, 0.25) is 0 Å². The Morgan fingerprint density at radius 2 is 1.95 bits per heavy atom. The van der Waals surface area contributed by atoms with Crippen LogP contribution in [0.4, 0.5) is 0 Å². The highest BCUT2D eigenvalue weighted by atomic mass is 14.8. The molecule has 0 saturated heterocycles. The predicted molar refractivity (Wildman–Crippen MR) is 85.6 cm³/mol. The second kappa shape index (κ2) is 7.69. The number of hydrogen-bond acceptors (Lipinski definition) is 1. The van der Waals surface area contributed by atoms with Crippen molar-refractivity contribution in [3.8, 4) is 0 Å². The molecule has 0 amide bonds. The first-order valence-corrected chi connectivity index (χ1v) is 7.67. The molecule has 19 heavy (non-hydrogen) atoms. The molecule has 0 heterocycles. The quantitative estimate of drug-likeness (QED) is 0.757. The summed E-state index contributed by atoms with van der Waals surface area (Å²) < 4.78 is 0. The van der Waals surface area contributed by atoms with Gasteiger partial charge in [0, 0.05) is 0 Å². The first-order chi connectivity index (χ1) is 8.90. The summed E-state index contributed by atoms with van der Waals surface area (Å²) >= 11 is 0. The Balaban J connectivity index is 2.58. The third-order valence-corrected chi connectivity index (χ3v) is 3.59. The molecule has 1 aromatic carbocycles. The number of benzene rings is 1. The van der Waals surface area contributed by atoms with Gasteiger partial charge in [-0.05, 0) is 56.2 Å². The summed E-state index contributed by atoms with van der Waals surface area (Å²) in [6.07, 6.45) is 3.81. The van der Waals surface area contributed by atoms with E-state index in [1.807, 2.05) is 0 Å². The van der Waals surface area contributed by atoms with Crippen LogP contribution in [0.3, 0.4) is 0 Å². The van der Waals surface area contributed by atoms with Gasteiger partial charge < -0.3 is 5.32 Å². The van der Waals surface area contributed by atoms with Crippen molar-refractivity contribution in [3.05, 3.63) is 35.4 Å². The van der Waals surface area contributed by atoms with Crippen LogP contribution in [-0.2, 0) is 6.42 Å². The number of rotatable bonds is 7. The first kappa shape index (κ1) is 16.2. The Morgan fingerprint density at radius 3 is 2.53 bits per heavy atom. The molecule has 0 bridgehead atoms. The molecular formula is C18H31N. The molecule has 0 spiro atoms. The van der Waals surface area contributed by atoms with E-state index in [0.717, 1.165) is 19.0 Å². The van der Waals surface area contributed by atoms with Gasteiger partial charge in [-0.15, -0.1) is 0 Å². The second-order valence-electron chi connectivity index (χ2n) is 6.97. The van der Waals surface area contributed by atoms with Crippen molar-refractivity contribution in [2.24, 2.45) is 11.3 Å². The molecule has 1 rings (SSSR count). The van der Waals surface area contributed by atoms with Crippen LogP contribution >= 0.6 is 0 Å². The summed E-state index contributed by atoms with van der Waals surface area (Å²) in [7, 11) is 0. The SMILES string of the molecule is CCNCC(CCC(C)(C)C)Cc1cccc(C)c1. The highest BCUT2D eigenvalue weighted by Gasteiger charge is 2.15.